The van der Waals surface area contributed by atoms with Gasteiger partial charge in [0.1, 0.15) is 12.2 Å². The van der Waals surface area contributed by atoms with Crippen LogP contribution in [0.5, 0.6) is 0 Å². The second-order valence-corrected chi connectivity index (χ2v) is 6.67. The number of halogens is 1. The Morgan fingerprint density at radius 3 is 2.68 bits per heavy atom. The van der Waals surface area contributed by atoms with Gasteiger partial charge in [-0.1, -0.05) is 35.9 Å². The van der Waals surface area contributed by atoms with Gasteiger partial charge in [0.15, 0.2) is 0 Å². The largest absolute Gasteiger partial charge is 0.480 e. The molecule has 0 saturated carbocycles. The number of hydrogen-bond donors (Lipinski definition) is 2. The molecule has 28 heavy (non-hydrogen) atoms. The molecule has 0 atom stereocenters. The lowest BCUT2D eigenvalue weighted by atomic mass is 10.1. The highest BCUT2D eigenvalue weighted by atomic mass is 35.5. The van der Waals surface area contributed by atoms with Crippen LogP contribution in [-0.2, 0) is 16.1 Å². The van der Waals surface area contributed by atoms with Gasteiger partial charge in [-0.15, -0.1) is 0 Å². The van der Waals surface area contributed by atoms with Crippen LogP contribution in [0.3, 0.4) is 0 Å². The zero-order valence-electron chi connectivity index (χ0n) is 14.4. The van der Waals surface area contributed by atoms with Crippen LogP contribution in [0.1, 0.15) is 5.56 Å². The standard InChI is InChI=1S/C20H14ClN3O4/c21-13-4-3-5-14(9-13)24-19(27)16(22-20(24)28)8-12-10-23(11-18(25)26)17-7-2-1-6-15(12)17/h1-10H,11H2,(H,22,28)(H,25,26). The normalized spacial score (nSPS) is 15.5. The summed E-state index contributed by atoms with van der Waals surface area (Å²) in [6.45, 7) is -0.210. The molecule has 3 amide bonds. The molecule has 8 heteroatoms. The van der Waals surface area contributed by atoms with Crippen molar-refractivity contribution >= 4 is 52.2 Å². The van der Waals surface area contributed by atoms with Crippen LogP contribution in [0.2, 0.25) is 5.02 Å². The van der Waals surface area contributed by atoms with Crippen molar-refractivity contribution in [2.75, 3.05) is 4.90 Å². The first-order valence-electron chi connectivity index (χ1n) is 8.36. The smallest absolute Gasteiger partial charge is 0.333 e. The lowest BCUT2D eigenvalue weighted by Gasteiger charge is -2.11. The predicted octanol–water partition coefficient (Wildman–Crippen LogP) is 3.48. The van der Waals surface area contributed by atoms with Crippen LogP contribution >= 0.6 is 11.6 Å². The zero-order valence-corrected chi connectivity index (χ0v) is 15.2. The van der Waals surface area contributed by atoms with E-state index >= 15 is 0 Å². The third kappa shape index (κ3) is 3.12. The monoisotopic (exact) mass is 395 g/mol. The molecule has 140 valence electrons. The lowest BCUT2D eigenvalue weighted by Crippen LogP contribution is -2.30. The van der Waals surface area contributed by atoms with E-state index < -0.39 is 17.9 Å². The number of carbonyl (C=O) groups is 3. The topological polar surface area (TPSA) is 91.6 Å². The van der Waals surface area contributed by atoms with Crippen molar-refractivity contribution in [1.82, 2.24) is 9.88 Å². The summed E-state index contributed by atoms with van der Waals surface area (Å²) in [6, 6.07) is 13.1. The minimum absolute atomic E-state index is 0.100. The number of anilines is 1. The highest BCUT2D eigenvalue weighted by molar-refractivity contribution is 6.32. The summed E-state index contributed by atoms with van der Waals surface area (Å²) >= 11 is 5.96. The molecule has 1 aliphatic rings. The van der Waals surface area contributed by atoms with Crippen molar-refractivity contribution in [3.05, 3.63) is 71.0 Å². The molecule has 2 N–H and O–H groups in total. The molecule has 0 spiro atoms. The van der Waals surface area contributed by atoms with E-state index in [1.54, 1.807) is 47.2 Å². The first-order chi connectivity index (χ1) is 13.4. The van der Waals surface area contributed by atoms with Gasteiger partial charge in [-0.05, 0) is 30.3 Å². The fourth-order valence-electron chi connectivity index (χ4n) is 3.21. The summed E-state index contributed by atoms with van der Waals surface area (Å²) in [6.07, 6.45) is 3.19. The fraction of sp³-hybridized carbons (Fsp3) is 0.0500. The number of amides is 3. The Bertz CT molecular complexity index is 1170. The van der Waals surface area contributed by atoms with E-state index in [0.29, 0.717) is 16.3 Å². The third-order valence-corrected chi connectivity index (χ3v) is 4.60. The number of fused-ring (bicyclic) bond motifs is 1. The van der Waals surface area contributed by atoms with E-state index in [9.17, 15) is 14.4 Å². The molecule has 3 aromatic rings. The van der Waals surface area contributed by atoms with E-state index in [-0.39, 0.29) is 12.2 Å². The van der Waals surface area contributed by atoms with Crippen LogP contribution in [0, 0.1) is 0 Å². The summed E-state index contributed by atoms with van der Waals surface area (Å²) in [4.78, 5) is 37.3. The van der Waals surface area contributed by atoms with E-state index in [2.05, 4.69) is 5.32 Å². The Kier molecular flexibility index (Phi) is 4.37. The van der Waals surface area contributed by atoms with Crippen LogP contribution in [0.4, 0.5) is 10.5 Å². The molecule has 0 unspecified atom stereocenters. The number of aliphatic carboxylic acids is 1. The molecule has 4 rings (SSSR count). The fourth-order valence-corrected chi connectivity index (χ4v) is 3.39. The highest BCUT2D eigenvalue weighted by Gasteiger charge is 2.35. The van der Waals surface area contributed by atoms with Crippen LogP contribution in [0.15, 0.2) is 60.4 Å². The number of carbonyl (C=O) groups excluding carboxylic acids is 2. The summed E-state index contributed by atoms with van der Waals surface area (Å²) in [5.74, 6) is -1.49. The Balaban J connectivity index is 1.75. The first-order valence-corrected chi connectivity index (χ1v) is 8.74. The first kappa shape index (κ1) is 17.8. The number of carboxylic acid groups (broad SMARTS) is 1. The SMILES string of the molecule is O=C(O)Cn1cc(C=C2NC(=O)N(c3cccc(Cl)c3)C2=O)c2ccccc21. The second kappa shape index (κ2) is 6.86. The maximum absolute atomic E-state index is 12.8. The molecule has 1 fully saturated rings. The Morgan fingerprint density at radius 2 is 1.93 bits per heavy atom. The van der Waals surface area contributed by atoms with E-state index in [1.807, 2.05) is 12.1 Å². The number of rotatable bonds is 4. The Labute approximate surface area is 164 Å². The number of para-hydroxylation sites is 1. The second-order valence-electron chi connectivity index (χ2n) is 6.23. The molecule has 0 bridgehead atoms. The molecule has 2 aromatic carbocycles. The maximum atomic E-state index is 12.8. The van der Waals surface area contributed by atoms with Gasteiger partial charge in [0.25, 0.3) is 5.91 Å². The van der Waals surface area contributed by atoms with Crippen molar-refractivity contribution in [3.8, 4) is 0 Å². The van der Waals surface area contributed by atoms with E-state index in [0.717, 1.165) is 15.8 Å². The molecule has 2 heterocycles. The van der Waals surface area contributed by atoms with Crippen molar-refractivity contribution in [2.24, 2.45) is 0 Å². The van der Waals surface area contributed by atoms with Crippen molar-refractivity contribution in [3.63, 3.8) is 0 Å². The van der Waals surface area contributed by atoms with E-state index in [1.165, 1.54) is 6.07 Å². The summed E-state index contributed by atoms with van der Waals surface area (Å²) in [5, 5.41) is 12.9. The van der Waals surface area contributed by atoms with Crippen molar-refractivity contribution in [2.45, 2.75) is 6.54 Å². The van der Waals surface area contributed by atoms with Gasteiger partial charge in [-0.2, -0.15) is 0 Å². The van der Waals surface area contributed by atoms with Crippen LogP contribution in [0.25, 0.3) is 17.0 Å². The average Bonchev–Trinajstić information content (AvgIpc) is 3.12. The summed E-state index contributed by atoms with van der Waals surface area (Å²) in [7, 11) is 0. The number of urea groups is 1. The molecule has 1 saturated heterocycles. The van der Waals surface area contributed by atoms with Gasteiger partial charge in [-0.25, -0.2) is 9.69 Å². The quantitative estimate of drug-likeness (QED) is 0.522. The molecule has 7 nitrogen and oxygen atoms in total. The number of aromatic nitrogens is 1. The van der Waals surface area contributed by atoms with E-state index in [4.69, 9.17) is 16.7 Å². The van der Waals surface area contributed by atoms with Crippen LogP contribution in [-0.4, -0.2) is 27.6 Å². The van der Waals surface area contributed by atoms with Crippen LogP contribution < -0.4 is 10.2 Å². The van der Waals surface area contributed by atoms with Gasteiger partial charge < -0.3 is 15.0 Å². The molecular weight excluding hydrogens is 382 g/mol. The molecule has 0 radical (unpaired) electrons. The number of carboxylic acids is 1. The molecular formula is C20H14ClN3O4. The Morgan fingerprint density at radius 1 is 1.14 bits per heavy atom. The number of nitrogens with one attached hydrogen (secondary N) is 1. The average molecular weight is 396 g/mol. The molecule has 0 aliphatic carbocycles. The molecule has 1 aromatic heterocycles. The van der Waals surface area contributed by atoms with Gasteiger partial charge in [0, 0.05) is 27.7 Å². The number of benzene rings is 2. The third-order valence-electron chi connectivity index (χ3n) is 4.37. The van der Waals surface area contributed by atoms with Gasteiger partial charge >= 0.3 is 12.0 Å². The van der Waals surface area contributed by atoms with Gasteiger partial charge in [-0.3, -0.25) is 9.59 Å². The number of hydrogen-bond acceptors (Lipinski definition) is 3. The number of imide groups is 1. The van der Waals surface area contributed by atoms with Gasteiger partial charge in [0.05, 0.1) is 5.69 Å². The zero-order chi connectivity index (χ0) is 19.8. The minimum atomic E-state index is -0.975. The van der Waals surface area contributed by atoms with Gasteiger partial charge in [0.2, 0.25) is 0 Å². The predicted molar refractivity (Wildman–Crippen MR) is 105 cm³/mol. The summed E-state index contributed by atoms with van der Waals surface area (Å²) in [5.41, 5.74) is 1.82. The molecule has 1 aliphatic heterocycles. The van der Waals surface area contributed by atoms with Crippen molar-refractivity contribution in [1.29, 1.82) is 0 Å². The highest BCUT2D eigenvalue weighted by Crippen LogP contribution is 2.27. The minimum Gasteiger partial charge on any atom is -0.480 e. The number of nitrogens with zero attached hydrogens (tertiary/aromatic N) is 2. The lowest BCUT2D eigenvalue weighted by molar-refractivity contribution is -0.137. The Hall–Kier alpha value is -3.58. The summed E-state index contributed by atoms with van der Waals surface area (Å²) < 4.78 is 1.58. The van der Waals surface area contributed by atoms with Crippen molar-refractivity contribution < 1.29 is 19.5 Å². The maximum Gasteiger partial charge on any atom is 0.333 e.